The molecule has 1 aromatic carbocycles. The zero-order valence-electron chi connectivity index (χ0n) is 10.4. The Bertz CT molecular complexity index is 398. The van der Waals surface area contributed by atoms with Crippen LogP contribution in [0.2, 0.25) is 0 Å². The summed E-state index contributed by atoms with van der Waals surface area (Å²) in [6.07, 6.45) is 8.44. The molecule has 0 radical (unpaired) electrons. The summed E-state index contributed by atoms with van der Waals surface area (Å²) in [7, 11) is 1.68. The third-order valence-corrected chi connectivity index (χ3v) is 3.03. The maximum atomic E-state index is 5.33. The highest BCUT2D eigenvalue weighted by Crippen LogP contribution is 2.23. The maximum Gasteiger partial charge on any atom is 0.213 e. The van der Waals surface area contributed by atoms with Crippen LogP contribution in [0.5, 0.6) is 0 Å². The van der Waals surface area contributed by atoms with Gasteiger partial charge in [0, 0.05) is 0 Å². The van der Waals surface area contributed by atoms with Crippen molar-refractivity contribution in [1.29, 1.82) is 0 Å². The van der Waals surface area contributed by atoms with Crippen LogP contribution >= 0.6 is 0 Å². The van der Waals surface area contributed by atoms with Crippen LogP contribution in [0.4, 0.5) is 5.69 Å². The smallest absolute Gasteiger partial charge is 0.213 e. The fourth-order valence-corrected chi connectivity index (χ4v) is 2.09. The Hall–Kier alpha value is -1.57. The molecule has 0 bridgehead atoms. The third kappa shape index (κ3) is 3.74. The standard InChI is InChI=1S/C15H19NO/c1-17-15(12-13-8-4-2-5-9-13)16-14-10-6-3-7-11-14/h3,6-7,10-12H,2,4-5,8-9H2,1H3. The highest BCUT2D eigenvalue weighted by Gasteiger charge is 2.06. The fourth-order valence-electron chi connectivity index (χ4n) is 2.09. The van der Waals surface area contributed by atoms with Crippen molar-refractivity contribution in [2.75, 3.05) is 7.11 Å². The van der Waals surface area contributed by atoms with E-state index >= 15 is 0 Å². The number of nitrogens with zero attached hydrogens (tertiary/aromatic N) is 1. The number of hydrogen-bond acceptors (Lipinski definition) is 2. The Labute approximate surface area is 103 Å². The van der Waals surface area contributed by atoms with E-state index in [4.69, 9.17) is 4.74 Å². The predicted octanol–water partition coefficient (Wildman–Crippen LogP) is 4.25. The maximum absolute atomic E-state index is 5.33. The summed E-state index contributed by atoms with van der Waals surface area (Å²) >= 11 is 0. The van der Waals surface area contributed by atoms with Crippen LogP contribution < -0.4 is 0 Å². The molecule has 2 nitrogen and oxygen atoms in total. The molecule has 0 heterocycles. The number of ether oxygens (including phenoxy) is 1. The van der Waals surface area contributed by atoms with E-state index in [1.807, 2.05) is 30.3 Å². The van der Waals surface area contributed by atoms with Crippen LogP contribution in [0.3, 0.4) is 0 Å². The van der Waals surface area contributed by atoms with E-state index in [1.54, 1.807) is 7.11 Å². The number of rotatable bonds is 2. The molecule has 1 aromatic rings. The lowest BCUT2D eigenvalue weighted by Gasteiger charge is -2.13. The Morgan fingerprint density at radius 3 is 2.47 bits per heavy atom. The summed E-state index contributed by atoms with van der Waals surface area (Å²) in [5.74, 6) is 0.716. The van der Waals surface area contributed by atoms with E-state index in [0.29, 0.717) is 5.90 Å². The molecule has 2 rings (SSSR count). The minimum Gasteiger partial charge on any atom is -0.481 e. The first-order valence-electron chi connectivity index (χ1n) is 6.25. The minimum atomic E-state index is 0.716. The Kier molecular flexibility index (Phi) is 4.37. The molecule has 1 aliphatic carbocycles. The van der Waals surface area contributed by atoms with Crippen molar-refractivity contribution in [3.63, 3.8) is 0 Å². The quantitative estimate of drug-likeness (QED) is 0.548. The number of aliphatic imine (C=N–C) groups is 1. The van der Waals surface area contributed by atoms with E-state index in [0.717, 1.165) is 5.69 Å². The zero-order chi connectivity index (χ0) is 11.9. The predicted molar refractivity (Wildman–Crippen MR) is 71.7 cm³/mol. The number of methoxy groups -OCH3 is 1. The first-order valence-corrected chi connectivity index (χ1v) is 6.25. The van der Waals surface area contributed by atoms with Gasteiger partial charge in [0.2, 0.25) is 5.90 Å². The first-order chi connectivity index (χ1) is 8.38. The van der Waals surface area contributed by atoms with E-state index in [2.05, 4.69) is 11.1 Å². The first kappa shape index (κ1) is 11.9. The molecular weight excluding hydrogens is 210 g/mol. The topological polar surface area (TPSA) is 21.6 Å². The second kappa shape index (κ2) is 6.24. The Morgan fingerprint density at radius 2 is 1.82 bits per heavy atom. The molecule has 1 saturated carbocycles. The number of benzene rings is 1. The lowest BCUT2D eigenvalue weighted by atomic mass is 9.95. The molecule has 0 atom stereocenters. The molecule has 0 spiro atoms. The number of allylic oxidation sites excluding steroid dienone is 1. The van der Waals surface area contributed by atoms with Gasteiger partial charge in [0.1, 0.15) is 0 Å². The monoisotopic (exact) mass is 229 g/mol. The summed E-state index contributed by atoms with van der Waals surface area (Å²) in [4.78, 5) is 4.49. The van der Waals surface area contributed by atoms with E-state index in [1.165, 1.54) is 37.7 Å². The van der Waals surface area contributed by atoms with Crippen molar-refractivity contribution in [3.8, 4) is 0 Å². The fraction of sp³-hybridized carbons (Fsp3) is 0.400. The van der Waals surface area contributed by atoms with Gasteiger partial charge in [-0.25, -0.2) is 4.99 Å². The summed E-state index contributed by atoms with van der Waals surface area (Å²) in [5, 5.41) is 0. The molecule has 1 fully saturated rings. The highest BCUT2D eigenvalue weighted by atomic mass is 16.5. The molecule has 2 heteroatoms. The number of hydrogen-bond donors (Lipinski definition) is 0. The molecule has 0 saturated heterocycles. The molecule has 90 valence electrons. The van der Waals surface area contributed by atoms with Crippen molar-refractivity contribution < 1.29 is 4.74 Å². The van der Waals surface area contributed by atoms with Gasteiger partial charge in [0.15, 0.2) is 0 Å². The van der Waals surface area contributed by atoms with Crippen molar-refractivity contribution in [2.45, 2.75) is 32.1 Å². The second-order valence-corrected chi connectivity index (χ2v) is 4.35. The molecule has 0 unspecified atom stereocenters. The van der Waals surface area contributed by atoms with Crippen molar-refractivity contribution in [2.24, 2.45) is 4.99 Å². The zero-order valence-corrected chi connectivity index (χ0v) is 10.4. The molecule has 0 N–H and O–H groups in total. The van der Waals surface area contributed by atoms with Crippen molar-refractivity contribution >= 4 is 11.6 Å². The summed E-state index contributed by atoms with van der Waals surface area (Å²) in [5.41, 5.74) is 2.41. The van der Waals surface area contributed by atoms with Crippen LogP contribution in [-0.2, 0) is 4.74 Å². The second-order valence-electron chi connectivity index (χ2n) is 4.35. The summed E-state index contributed by atoms with van der Waals surface area (Å²) in [6.45, 7) is 0. The Balaban J connectivity index is 2.13. The van der Waals surface area contributed by atoms with Gasteiger partial charge in [-0.15, -0.1) is 0 Å². The molecule has 0 aromatic heterocycles. The third-order valence-electron chi connectivity index (χ3n) is 3.03. The van der Waals surface area contributed by atoms with Gasteiger partial charge in [0.25, 0.3) is 0 Å². The van der Waals surface area contributed by atoms with Crippen LogP contribution in [0.1, 0.15) is 32.1 Å². The molecule has 17 heavy (non-hydrogen) atoms. The summed E-state index contributed by atoms with van der Waals surface area (Å²) in [6, 6.07) is 9.93. The van der Waals surface area contributed by atoms with Crippen LogP contribution in [0.25, 0.3) is 0 Å². The van der Waals surface area contributed by atoms with E-state index in [-0.39, 0.29) is 0 Å². The Morgan fingerprint density at radius 1 is 1.12 bits per heavy atom. The van der Waals surface area contributed by atoms with E-state index < -0.39 is 0 Å². The van der Waals surface area contributed by atoms with E-state index in [9.17, 15) is 0 Å². The average molecular weight is 229 g/mol. The average Bonchev–Trinajstić information content (AvgIpc) is 2.40. The molecule has 1 aliphatic rings. The SMILES string of the molecule is COC(C=C1CCCCC1)=Nc1ccccc1. The van der Waals surface area contributed by atoms with Crippen molar-refractivity contribution in [1.82, 2.24) is 0 Å². The van der Waals surface area contributed by atoms with Gasteiger partial charge in [0.05, 0.1) is 12.8 Å². The minimum absolute atomic E-state index is 0.716. The van der Waals surface area contributed by atoms with Gasteiger partial charge in [-0.2, -0.15) is 0 Å². The van der Waals surface area contributed by atoms with Gasteiger partial charge >= 0.3 is 0 Å². The van der Waals surface area contributed by atoms with Gasteiger partial charge in [-0.3, -0.25) is 0 Å². The van der Waals surface area contributed by atoms with Crippen LogP contribution in [-0.4, -0.2) is 13.0 Å². The molecule has 0 amide bonds. The largest absolute Gasteiger partial charge is 0.481 e. The van der Waals surface area contributed by atoms with Gasteiger partial charge in [-0.1, -0.05) is 30.2 Å². The summed E-state index contributed by atoms with van der Waals surface area (Å²) < 4.78 is 5.33. The normalized spacial score (nSPS) is 16.8. The lowest BCUT2D eigenvalue weighted by Crippen LogP contribution is -2.01. The lowest BCUT2D eigenvalue weighted by molar-refractivity contribution is 0.406. The highest BCUT2D eigenvalue weighted by molar-refractivity contribution is 5.90. The van der Waals surface area contributed by atoms with Gasteiger partial charge in [-0.05, 0) is 43.9 Å². The molecular formula is C15H19NO. The number of para-hydroxylation sites is 1. The van der Waals surface area contributed by atoms with Crippen LogP contribution in [0, 0.1) is 0 Å². The van der Waals surface area contributed by atoms with Crippen LogP contribution in [0.15, 0.2) is 47.0 Å². The van der Waals surface area contributed by atoms with Gasteiger partial charge < -0.3 is 4.74 Å². The molecule has 0 aliphatic heterocycles. The van der Waals surface area contributed by atoms with Crippen molar-refractivity contribution in [3.05, 3.63) is 42.0 Å².